The number of rotatable bonds is 4. The van der Waals surface area contributed by atoms with Gasteiger partial charge in [-0.1, -0.05) is 12.1 Å². The Morgan fingerprint density at radius 1 is 1.36 bits per heavy atom. The number of nitrogens with zero attached hydrogens (tertiary/aromatic N) is 4. The average Bonchev–Trinajstić information content (AvgIpc) is 2.93. The van der Waals surface area contributed by atoms with Crippen LogP contribution in [0.2, 0.25) is 0 Å². The monoisotopic (exact) mass is 300 g/mol. The summed E-state index contributed by atoms with van der Waals surface area (Å²) in [5.41, 5.74) is 1.56. The van der Waals surface area contributed by atoms with Crippen LogP contribution in [0.1, 0.15) is 40.5 Å². The molecule has 1 aromatic heterocycles. The number of piperidine rings is 1. The lowest BCUT2D eigenvalue weighted by Crippen LogP contribution is -2.34. The number of aromatic nitrogens is 3. The van der Waals surface area contributed by atoms with Crippen molar-refractivity contribution in [3.8, 4) is 0 Å². The largest absolute Gasteiger partial charge is 0.478 e. The number of hydrogen-bond donors (Lipinski definition) is 1. The standard InChI is InChI=1S/C16H20N4O2/c1-19-11-17-18-15(19)10-20-8-2-3-14(9-20)12-4-6-13(7-5-12)16(21)22/h4-7,11,14H,2-3,8-10H2,1H3,(H,21,22). The first-order valence-corrected chi connectivity index (χ1v) is 7.52. The highest BCUT2D eigenvalue weighted by Crippen LogP contribution is 2.27. The molecule has 6 heteroatoms. The van der Waals surface area contributed by atoms with Gasteiger partial charge in [-0.15, -0.1) is 10.2 Å². The maximum atomic E-state index is 10.9. The van der Waals surface area contributed by atoms with Gasteiger partial charge in [-0.2, -0.15) is 0 Å². The summed E-state index contributed by atoms with van der Waals surface area (Å²) >= 11 is 0. The zero-order valence-corrected chi connectivity index (χ0v) is 12.6. The van der Waals surface area contributed by atoms with Gasteiger partial charge in [-0.05, 0) is 43.0 Å². The quantitative estimate of drug-likeness (QED) is 0.933. The highest BCUT2D eigenvalue weighted by Gasteiger charge is 2.22. The average molecular weight is 300 g/mol. The number of hydrogen-bond acceptors (Lipinski definition) is 4. The van der Waals surface area contributed by atoms with Gasteiger partial charge in [0.25, 0.3) is 0 Å². The SMILES string of the molecule is Cn1cnnc1CN1CCCC(c2ccc(C(=O)O)cc2)C1. The maximum Gasteiger partial charge on any atom is 0.335 e. The van der Waals surface area contributed by atoms with Gasteiger partial charge in [-0.25, -0.2) is 4.79 Å². The Labute approximate surface area is 129 Å². The van der Waals surface area contributed by atoms with E-state index >= 15 is 0 Å². The third-order valence-electron chi connectivity index (χ3n) is 4.30. The number of carboxylic acid groups (broad SMARTS) is 1. The molecule has 0 saturated carbocycles. The third kappa shape index (κ3) is 3.17. The molecule has 0 bridgehead atoms. The van der Waals surface area contributed by atoms with Crippen LogP contribution < -0.4 is 0 Å². The van der Waals surface area contributed by atoms with Crippen LogP contribution in [0.15, 0.2) is 30.6 Å². The second-order valence-corrected chi connectivity index (χ2v) is 5.86. The Bertz CT molecular complexity index is 650. The van der Waals surface area contributed by atoms with E-state index in [2.05, 4.69) is 15.1 Å². The van der Waals surface area contributed by atoms with Crippen LogP contribution in [-0.4, -0.2) is 43.8 Å². The highest BCUT2D eigenvalue weighted by atomic mass is 16.4. The van der Waals surface area contributed by atoms with Crippen LogP contribution in [0.4, 0.5) is 0 Å². The molecule has 1 fully saturated rings. The minimum absolute atomic E-state index is 0.343. The van der Waals surface area contributed by atoms with Crippen molar-refractivity contribution in [1.29, 1.82) is 0 Å². The molecule has 1 aromatic carbocycles. The molecule has 1 aliphatic heterocycles. The molecule has 22 heavy (non-hydrogen) atoms. The lowest BCUT2D eigenvalue weighted by molar-refractivity contribution is 0.0697. The summed E-state index contributed by atoms with van der Waals surface area (Å²) in [6.45, 7) is 2.84. The summed E-state index contributed by atoms with van der Waals surface area (Å²) in [4.78, 5) is 13.3. The lowest BCUT2D eigenvalue weighted by Gasteiger charge is -2.32. The van der Waals surface area contributed by atoms with Crippen molar-refractivity contribution in [3.05, 3.63) is 47.5 Å². The van der Waals surface area contributed by atoms with Crippen LogP contribution in [0.3, 0.4) is 0 Å². The zero-order chi connectivity index (χ0) is 15.5. The molecule has 0 aliphatic carbocycles. The molecule has 0 radical (unpaired) electrons. The summed E-state index contributed by atoms with van der Waals surface area (Å²) in [6, 6.07) is 7.28. The number of likely N-dealkylation sites (tertiary alicyclic amines) is 1. The molecule has 0 amide bonds. The molecule has 0 spiro atoms. The van der Waals surface area contributed by atoms with Crippen LogP contribution in [0, 0.1) is 0 Å². The van der Waals surface area contributed by atoms with Crippen molar-refractivity contribution in [3.63, 3.8) is 0 Å². The van der Waals surface area contributed by atoms with E-state index in [4.69, 9.17) is 5.11 Å². The summed E-state index contributed by atoms with van der Waals surface area (Å²) in [5.74, 6) is 0.547. The van der Waals surface area contributed by atoms with E-state index < -0.39 is 5.97 Å². The molecular formula is C16H20N4O2. The van der Waals surface area contributed by atoms with Gasteiger partial charge in [0.05, 0.1) is 12.1 Å². The van der Waals surface area contributed by atoms with Crippen molar-refractivity contribution >= 4 is 5.97 Å². The van der Waals surface area contributed by atoms with Gasteiger partial charge in [0, 0.05) is 13.6 Å². The molecular weight excluding hydrogens is 280 g/mol. The Hall–Kier alpha value is -2.21. The van der Waals surface area contributed by atoms with Crippen LogP contribution >= 0.6 is 0 Å². The summed E-state index contributed by atoms with van der Waals surface area (Å²) in [6.07, 6.45) is 4.01. The van der Waals surface area contributed by atoms with Crippen LogP contribution in [-0.2, 0) is 13.6 Å². The fraction of sp³-hybridized carbons (Fsp3) is 0.438. The van der Waals surface area contributed by atoms with Gasteiger partial charge in [-0.3, -0.25) is 4.90 Å². The van der Waals surface area contributed by atoms with Gasteiger partial charge < -0.3 is 9.67 Å². The van der Waals surface area contributed by atoms with Gasteiger partial charge in [0.15, 0.2) is 0 Å². The third-order valence-corrected chi connectivity index (χ3v) is 4.30. The van der Waals surface area contributed by atoms with E-state index in [9.17, 15) is 4.79 Å². The molecule has 2 heterocycles. The molecule has 1 N–H and O–H groups in total. The highest BCUT2D eigenvalue weighted by molar-refractivity contribution is 5.87. The number of aryl methyl sites for hydroxylation is 1. The maximum absolute atomic E-state index is 10.9. The molecule has 1 saturated heterocycles. The van der Waals surface area contributed by atoms with Crippen molar-refractivity contribution in [2.75, 3.05) is 13.1 Å². The predicted molar refractivity (Wildman–Crippen MR) is 81.7 cm³/mol. The molecule has 6 nitrogen and oxygen atoms in total. The number of aromatic carboxylic acids is 1. The summed E-state index contributed by atoms with van der Waals surface area (Å²) < 4.78 is 1.95. The lowest BCUT2D eigenvalue weighted by atomic mass is 9.90. The fourth-order valence-corrected chi connectivity index (χ4v) is 3.02. The molecule has 116 valence electrons. The Balaban J connectivity index is 1.67. The molecule has 1 aliphatic rings. The van der Waals surface area contributed by atoms with Crippen molar-refractivity contribution < 1.29 is 9.90 Å². The summed E-state index contributed by atoms with van der Waals surface area (Å²) in [5, 5.41) is 17.0. The minimum Gasteiger partial charge on any atom is -0.478 e. The first kappa shape index (κ1) is 14.7. The molecule has 1 unspecified atom stereocenters. The number of carbonyl (C=O) groups is 1. The molecule has 2 aromatic rings. The van der Waals surface area contributed by atoms with Crippen molar-refractivity contribution in [2.24, 2.45) is 7.05 Å². The molecule has 3 rings (SSSR count). The fourth-order valence-electron chi connectivity index (χ4n) is 3.02. The number of carboxylic acids is 1. The summed E-state index contributed by atoms with van der Waals surface area (Å²) in [7, 11) is 1.96. The minimum atomic E-state index is -0.876. The number of benzene rings is 1. The van der Waals surface area contributed by atoms with E-state index in [-0.39, 0.29) is 0 Å². The Morgan fingerprint density at radius 2 is 2.14 bits per heavy atom. The van der Waals surface area contributed by atoms with E-state index in [1.165, 1.54) is 5.56 Å². The van der Waals surface area contributed by atoms with E-state index in [1.54, 1.807) is 18.5 Å². The normalized spacial score (nSPS) is 19.2. The van der Waals surface area contributed by atoms with E-state index in [0.29, 0.717) is 11.5 Å². The Morgan fingerprint density at radius 3 is 2.77 bits per heavy atom. The van der Waals surface area contributed by atoms with Gasteiger partial charge in [0.2, 0.25) is 0 Å². The van der Waals surface area contributed by atoms with Gasteiger partial charge in [0.1, 0.15) is 12.2 Å². The smallest absolute Gasteiger partial charge is 0.335 e. The van der Waals surface area contributed by atoms with Crippen LogP contribution in [0.25, 0.3) is 0 Å². The topological polar surface area (TPSA) is 71.2 Å². The first-order valence-electron chi connectivity index (χ1n) is 7.52. The van der Waals surface area contributed by atoms with E-state index in [1.807, 2.05) is 23.7 Å². The second kappa shape index (κ2) is 6.27. The predicted octanol–water partition coefficient (Wildman–Crippen LogP) is 1.89. The Kier molecular flexibility index (Phi) is 4.20. The van der Waals surface area contributed by atoms with Crippen LogP contribution in [0.5, 0.6) is 0 Å². The van der Waals surface area contributed by atoms with Crippen molar-refractivity contribution in [1.82, 2.24) is 19.7 Å². The van der Waals surface area contributed by atoms with Crippen molar-refractivity contribution in [2.45, 2.75) is 25.3 Å². The van der Waals surface area contributed by atoms with Gasteiger partial charge >= 0.3 is 5.97 Å². The zero-order valence-electron chi connectivity index (χ0n) is 12.6. The first-order chi connectivity index (χ1) is 10.6. The molecule has 1 atom stereocenters. The second-order valence-electron chi connectivity index (χ2n) is 5.86. The van der Waals surface area contributed by atoms with E-state index in [0.717, 1.165) is 38.3 Å².